The lowest BCUT2D eigenvalue weighted by Crippen LogP contribution is -3.00. The molecule has 3 rings (SSSR count). The predicted octanol–water partition coefficient (Wildman–Crippen LogP) is 3.81. The van der Waals surface area contributed by atoms with Crippen LogP contribution in [0.5, 0.6) is 5.75 Å². The van der Waals surface area contributed by atoms with Gasteiger partial charge in [0.15, 0.2) is 11.4 Å². The highest BCUT2D eigenvalue weighted by atomic mass is 35.5. The molecule has 0 aliphatic carbocycles. The molecule has 0 radical (unpaired) electrons. The zero-order valence-corrected chi connectivity index (χ0v) is 21.9. The fourth-order valence-corrected chi connectivity index (χ4v) is 4.38. The van der Waals surface area contributed by atoms with Crippen LogP contribution in [0.1, 0.15) is 92.9 Å². The third kappa shape index (κ3) is 5.04. The number of imidazole rings is 1. The van der Waals surface area contributed by atoms with Crippen LogP contribution in [-0.2, 0) is 6.54 Å². The number of hydrogen-bond donors (Lipinski definition) is 0. The second-order valence-electron chi connectivity index (χ2n) is 9.60. The summed E-state index contributed by atoms with van der Waals surface area (Å²) in [7, 11) is 1.73. The van der Waals surface area contributed by atoms with Crippen LogP contribution in [0.25, 0.3) is 5.69 Å². The number of benzene rings is 2. The van der Waals surface area contributed by atoms with Crippen LogP contribution in [0.4, 0.5) is 0 Å². The molecule has 2 aromatic carbocycles. The van der Waals surface area contributed by atoms with Crippen molar-refractivity contribution >= 4 is 0 Å². The Bertz CT molecular complexity index is 1030. The summed E-state index contributed by atoms with van der Waals surface area (Å²) in [6.07, 6.45) is 2.23. The largest absolute Gasteiger partial charge is 1.00 e. The third-order valence-electron chi connectivity index (χ3n) is 6.50. The average Bonchev–Trinajstić information content (AvgIpc) is 3.01. The zero-order valence-electron chi connectivity index (χ0n) is 21.2. The van der Waals surface area contributed by atoms with Gasteiger partial charge < -0.3 is 17.1 Å². The van der Waals surface area contributed by atoms with Gasteiger partial charge in [0.2, 0.25) is 6.33 Å². The summed E-state index contributed by atoms with van der Waals surface area (Å²) in [4.78, 5) is 0. The van der Waals surface area contributed by atoms with Gasteiger partial charge in [-0.3, -0.25) is 0 Å². The van der Waals surface area contributed by atoms with E-state index in [4.69, 9.17) is 4.74 Å². The molecule has 1 aromatic heterocycles. The highest BCUT2D eigenvalue weighted by Crippen LogP contribution is 2.32. The molecule has 4 heteroatoms. The van der Waals surface area contributed by atoms with Crippen molar-refractivity contribution in [3.63, 3.8) is 0 Å². The van der Waals surface area contributed by atoms with E-state index in [9.17, 15) is 0 Å². The third-order valence-corrected chi connectivity index (χ3v) is 6.50. The Kier molecular flexibility index (Phi) is 8.59. The van der Waals surface area contributed by atoms with E-state index >= 15 is 0 Å². The first kappa shape index (κ1) is 26.0. The van der Waals surface area contributed by atoms with Crippen molar-refractivity contribution in [2.45, 2.75) is 79.7 Å². The summed E-state index contributed by atoms with van der Waals surface area (Å²) in [5.74, 6) is 2.40. The van der Waals surface area contributed by atoms with Gasteiger partial charge in [-0.25, -0.2) is 4.57 Å². The first-order chi connectivity index (χ1) is 14.6. The minimum absolute atomic E-state index is 0. The predicted molar refractivity (Wildman–Crippen MR) is 130 cm³/mol. The summed E-state index contributed by atoms with van der Waals surface area (Å²) in [5, 5.41) is 0. The van der Waals surface area contributed by atoms with Crippen molar-refractivity contribution < 1.29 is 21.7 Å². The highest BCUT2D eigenvalue weighted by Gasteiger charge is 2.24. The number of hydrogen-bond acceptors (Lipinski definition) is 1. The van der Waals surface area contributed by atoms with Crippen LogP contribution >= 0.6 is 0 Å². The summed E-state index contributed by atoms with van der Waals surface area (Å²) in [6, 6.07) is 13.1. The minimum Gasteiger partial charge on any atom is -1.00 e. The van der Waals surface area contributed by atoms with Crippen LogP contribution in [0.3, 0.4) is 0 Å². The fourth-order valence-electron chi connectivity index (χ4n) is 4.38. The normalized spacial score (nSPS) is 11.4. The topological polar surface area (TPSA) is 18.0 Å². The molecule has 0 spiro atoms. The Morgan fingerprint density at radius 2 is 1.44 bits per heavy atom. The van der Waals surface area contributed by atoms with E-state index in [1.54, 1.807) is 7.11 Å². The number of nitrogens with zero attached hydrogens (tertiary/aromatic N) is 2. The number of aromatic nitrogens is 2. The summed E-state index contributed by atoms with van der Waals surface area (Å²) in [5.41, 5.74) is 9.46. The molecule has 0 unspecified atom stereocenters. The quantitative estimate of drug-likeness (QED) is 0.496. The van der Waals surface area contributed by atoms with Crippen molar-refractivity contribution in [3.8, 4) is 11.4 Å². The second kappa shape index (κ2) is 10.6. The molecule has 0 saturated heterocycles. The van der Waals surface area contributed by atoms with Gasteiger partial charge in [-0.05, 0) is 46.6 Å². The standard InChI is InChI=1S/C28H39N2O.ClH/c1-18(2)23-14-24(19(3)4)26(25(15-23)20(5)6)16-29-17-30(22(8)21(29)7)27-12-10-11-13-28(27)31-9;/h10-15,17-20H,16H2,1-9H3;1H/q+1;/p-1. The number of halogens is 1. The van der Waals surface area contributed by atoms with Crippen LogP contribution < -0.4 is 21.7 Å². The van der Waals surface area contributed by atoms with Crippen molar-refractivity contribution in [1.29, 1.82) is 0 Å². The molecule has 0 aliphatic heterocycles. The smallest absolute Gasteiger partial charge is 0.249 e. The first-order valence-corrected chi connectivity index (χ1v) is 11.5. The van der Waals surface area contributed by atoms with E-state index in [1.807, 2.05) is 12.1 Å². The summed E-state index contributed by atoms with van der Waals surface area (Å²) < 4.78 is 10.3. The molecule has 0 aliphatic rings. The van der Waals surface area contributed by atoms with Gasteiger partial charge in [-0.2, -0.15) is 4.57 Å². The number of rotatable bonds is 7. The van der Waals surface area contributed by atoms with Gasteiger partial charge in [-0.15, -0.1) is 0 Å². The zero-order chi connectivity index (χ0) is 22.9. The fraction of sp³-hybridized carbons (Fsp3) is 0.464. The lowest BCUT2D eigenvalue weighted by atomic mass is 9.84. The Morgan fingerprint density at radius 3 is 1.94 bits per heavy atom. The minimum atomic E-state index is 0. The molecule has 1 heterocycles. The molecule has 3 aromatic rings. The molecule has 0 fully saturated rings. The van der Waals surface area contributed by atoms with E-state index in [0.29, 0.717) is 17.8 Å². The van der Waals surface area contributed by atoms with Crippen molar-refractivity contribution in [3.05, 3.63) is 76.4 Å². The molecule has 0 saturated carbocycles. The summed E-state index contributed by atoms with van der Waals surface area (Å²) >= 11 is 0. The van der Waals surface area contributed by atoms with Crippen LogP contribution in [0.2, 0.25) is 0 Å². The van der Waals surface area contributed by atoms with E-state index in [0.717, 1.165) is 18.0 Å². The van der Waals surface area contributed by atoms with Gasteiger partial charge in [-0.1, -0.05) is 65.8 Å². The maximum Gasteiger partial charge on any atom is 0.249 e. The van der Waals surface area contributed by atoms with Gasteiger partial charge in [0.1, 0.15) is 17.9 Å². The first-order valence-electron chi connectivity index (χ1n) is 11.5. The highest BCUT2D eigenvalue weighted by molar-refractivity contribution is 5.47. The number of ether oxygens (including phenoxy) is 1. The van der Waals surface area contributed by atoms with Crippen molar-refractivity contribution in [2.24, 2.45) is 0 Å². The van der Waals surface area contributed by atoms with Gasteiger partial charge in [0.25, 0.3) is 0 Å². The van der Waals surface area contributed by atoms with Crippen molar-refractivity contribution in [1.82, 2.24) is 4.57 Å². The Morgan fingerprint density at radius 1 is 0.875 bits per heavy atom. The van der Waals surface area contributed by atoms with E-state index in [1.165, 1.54) is 33.6 Å². The van der Waals surface area contributed by atoms with Crippen LogP contribution in [-0.4, -0.2) is 11.7 Å². The number of methoxy groups -OCH3 is 1. The van der Waals surface area contributed by atoms with Gasteiger partial charge in [0.05, 0.1) is 7.11 Å². The van der Waals surface area contributed by atoms with E-state index < -0.39 is 0 Å². The average molecular weight is 455 g/mol. The second-order valence-corrected chi connectivity index (χ2v) is 9.60. The Labute approximate surface area is 200 Å². The van der Waals surface area contributed by atoms with E-state index in [-0.39, 0.29) is 12.4 Å². The Hall–Kier alpha value is -2.26. The summed E-state index contributed by atoms with van der Waals surface area (Å²) in [6.45, 7) is 19.1. The molecule has 3 nitrogen and oxygen atoms in total. The molecule has 0 bridgehead atoms. The molecule has 174 valence electrons. The SMILES string of the molecule is COc1ccccc1-n1c[n+](Cc2c(C(C)C)cc(C(C)C)cc2C(C)C)c(C)c1C.[Cl-]. The molecular formula is C28H39ClN2O. The molecule has 0 N–H and O–H groups in total. The maximum atomic E-state index is 5.63. The molecule has 32 heavy (non-hydrogen) atoms. The van der Waals surface area contributed by atoms with Crippen molar-refractivity contribution in [2.75, 3.05) is 7.11 Å². The van der Waals surface area contributed by atoms with Crippen LogP contribution in [0, 0.1) is 13.8 Å². The molecular weight excluding hydrogens is 416 g/mol. The molecule has 0 amide bonds. The lowest BCUT2D eigenvalue weighted by Gasteiger charge is -2.22. The molecule has 0 atom stereocenters. The monoisotopic (exact) mass is 454 g/mol. The van der Waals surface area contributed by atoms with Gasteiger partial charge in [0, 0.05) is 19.4 Å². The maximum absolute atomic E-state index is 5.63. The Balaban J connectivity index is 0.00000363. The lowest BCUT2D eigenvalue weighted by molar-refractivity contribution is -0.693. The van der Waals surface area contributed by atoms with Gasteiger partial charge >= 0.3 is 0 Å². The van der Waals surface area contributed by atoms with Crippen LogP contribution in [0.15, 0.2) is 42.7 Å². The van der Waals surface area contributed by atoms with E-state index in [2.05, 4.69) is 95.1 Å². The number of para-hydroxylation sites is 2.